The summed E-state index contributed by atoms with van der Waals surface area (Å²) in [5.74, 6) is 0.216. The van der Waals surface area contributed by atoms with Gasteiger partial charge in [0.15, 0.2) is 0 Å². The molecule has 1 N–H and O–H groups in total. The average molecular weight is 486 g/mol. The number of fused-ring (bicyclic) bond motifs is 2. The van der Waals surface area contributed by atoms with Crippen molar-refractivity contribution >= 4 is 26.7 Å². The molecule has 0 saturated carbocycles. The van der Waals surface area contributed by atoms with Gasteiger partial charge in [-0.2, -0.15) is 0 Å². The topological polar surface area (TPSA) is 72.5 Å². The fourth-order valence-corrected chi connectivity index (χ4v) is 6.60. The van der Waals surface area contributed by atoms with Crippen LogP contribution in [0.25, 0.3) is 10.8 Å². The molecule has 0 radical (unpaired) electrons. The Hall–Kier alpha value is -3.64. The van der Waals surface area contributed by atoms with Gasteiger partial charge in [-0.3, -0.25) is 4.79 Å². The van der Waals surface area contributed by atoms with Crippen molar-refractivity contribution in [2.45, 2.75) is 36.0 Å². The van der Waals surface area contributed by atoms with Crippen LogP contribution in [0.15, 0.2) is 95.9 Å². The minimum atomic E-state index is -4.11. The number of rotatable bonds is 6. The van der Waals surface area contributed by atoms with Crippen LogP contribution in [0.4, 0.5) is 0 Å². The maximum atomic E-state index is 14.1. The summed E-state index contributed by atoms with van der Waals surface area (Å²) in [5.41, 5.74) is 1.73. The van der Waals surface area contributed by atoms with Crippen LogP contribution < -0.4 is 9.46 Å². The Morgan fingerprint density at radius 3 is 2.43 bits per heavy atom. The lowest BCUT2D eigenvalue weighted by Gasteiger charge is -2.38. The Kier molecular flexibility index (Phi) is 6.07. The van der Waals surface area contributed by atoms with Crippen LogP contribution in [0.3, 0.4) is 0 Å². The molecule has 0 aliphatic heterocycles. The summed E-state index contributed by atoms with van der Waals surface area (Å²) >= 11 is 0. The zero-order valence-electron chi connectivity index (χ0n) is 19.5. The molecule has 0 bridgehead atoms. The Balaban J connectivity index is 1.61. The third-order valence-corrected chi connectivity index (χ3v) is 8.34. The van der Waals surface area contributed by atoms with E-state index < -0.39 is 21.3 Å². The maximum Gasteiger partial charge on any atom is 0.264 e. The minimum Gasteiger partial charge on any atom is -0.496 e. The van der Waals surface area contributed by atoms with Gasteiger partial charge < -0.3 is 4.74 Å². The molecule has 1 amide bonds. The quantitative estimate of drug-likeness (QED) is 0.409. The van der Waals surface area contributed by atoms with E-state index in [1.807, 2.05) is 66.7 Å². The van der Waals surface area contributed by atoms with Gasteiger partial charge in [0.1, 0.15) is 5.75 Å². The van der Waals surface area contributed by atoms with Crippen LogP contribution in [0.2, 0.25) is 0 Å². The fraction of sp³-hybridized carbons (Fsp3) is 0.207. The lowest BCUT2D eigenvalue weighted by molar-refractivity contribution is -0.125. The van der Waals surface area contributed by atoms with E-state index in [0.29, 0.717) is 18.2 Å². The normalized spacial score (nSPS) is 17.5. The van der Waals surface area contributed by atoms with Gasteiger partial charge in [-0.05, 0) is 59.9 Å². The molecule has 4 aromatic rings. The molecule has 0 spiro atoms. The van der Waals surface area contributed by atoms with Gasteiger partial charge in [0.05, 0.1) is 17.4 Å². The number of methoxy groups -OCH3 is 1. The lowest BCUT2D eigenvalue weighted by Crippen LogP contribution is -2.50. The third kappa shape index (κ3) is 4.19. The largest absolute Gasteiger partial charge is 0.496 e. The summed E-state index contributed by atoms with van der Waals surface area (Å²) in [6.45, 7) is 0. The first kappa shape index (κ1) is 23.1. The molecular formula is C29H27NO4S. The second kappa shape index (κ2) is 9.19. The number of carbonyl (C=O) groups is 1. The number of nitrogens with one attached hydrogen (secondary N) is 1. The molecule has 5 rings (SSSR count). The fourth-order valence-electron chi connectivity index (χ4n) is 5.31. The molecule has 1 atom stereocenters. The van der Waals surface area contributed by atoms with Crippen molar-refractivity contribution in [1.82, 2.24) is 4.72 Å². The van der Waals surface area contributed by atoms with Crippen LogP contribution in [-0.4, -0.2) is 21.4 Å². The molecule has 0 aromatic heterocycles. The van der Waals surface area contributed by atoms with E-state index in [0.717, 1.165) is 40.7 Å². The lowest BCUT2D eigenvalue weighted by atomic mass is 9.66. The van der Waals surface area contributed by atoms with E-state index in [1.165, 1.54) is 0 Å². The highest BCUT2D eigenvalue weighted by Crippen LogP contribution is 2.44. The molecule has 0 fully saturated rings. The second-order valence-electron chi connectivity index (χ2n) is 9.00. The van der Waals surface area contributed by atoms with Gasteiger partial charge in [-0.25, -0.2) is 13.1 Å². The number of hydrogen-bond acceptors (Lipinski definition) is 4. The van der Waals surface area contributed by atoms with E-state index in [2.05, 4.69) is 4.72 Å². The van der Waals surface area contributed by atoms with E-state index in [9.17, 15) is 13.2 Å². The second-order valence-corrected chi connectivity index (χ2v) is 10.6. The summed E-state index contributed by atoms with van der Waals surface area (Å²) < 4.78 is 35.2. The van der Waals surface area contributed by atoms with Crippen molar-refractivity contribution in [1.29, 1.82) is 0 Å². The number of benzene rings is 4. The monoisotopic (exact) mass is 485 g/mol. The van der Waals surface area contributed by atoms with Crippen molar-refractivity contribution in [3.05, 3.63) is 108 Å². The molecule has 1 unspecified atom stereocenters. The smallest absolute Gasteiger partial charge is 0.264 e. The van der Waals surface area contributed by atoms with Gasteiger partial charge in [-0.15, -0.1) is 0 Å². The Morgan fingerprint density at radius 1 is 0.914 bits per heavy atom. The van der Waals surface area contributed by atoms with Crippen molar-refractivity contribution < 1.29 is 17.9 Å². The predicted molar refractivity (Wildman–Crippen MR) is 137 cm³/mol. The van der Waals surface area contributed by atoms with E-state index in [1.54, 1.807) is 31.4 Å². The van der Waals surface area contributed by atoms with Gasteiger partial charge in [0.25, 0.3) is 10.0 Å². The third-order valence-electron chi connectivity index (χ3n) is 6.95. The van der Waals surface area contributed by atoms with Gasteiger partial charge in [0.2, 0.25) is 5.91 Å². The Morgan fingerprint density at radius 2 is 1.63 bits per heavy atom. The van der Waals surface area contributed by atoms with Gasteiger partial charge in [-0.1, -0.05) is 78.9 Å². The van der Waals surface area contributed by atoms with Crippen LogP contribution in [0, 0.1) is 0 Å². The maximum absolute atomic E-state index is 14.1. The Labute approximate surface area is 205 Å². The summed E-state index contributed by atoms with van der Waals surface area (Å²) in [4.78, 5) is 14.2. The highest BCUT2D eigenvalue weighted by Gasteiger charge is 2.45. The Bertz CT molecular complexity index is 1490. The van der Waals surface area contributed by atoms with Crippen LogP contribution in [0.1, 0.15) is 29.5 Å². The van der Waals surface area contributed by atoms with E-state index in [4.69, 9.17) is 4.74 Å². The molecule has 0 heterocycles. The minimum absolute atomic E-state index is 0.0977. The molecule has 1 aliphatic carbocycles. The first-order chi connectivity index (χ1) is 16.9. The standard InChI is InChI=1S/C29H27NO4S/c1-34-26-17-8-16-25-24(26)15-9-19-29(25,20-21-10-3-2-4-11-21)28(31)30-35(32,33)27-18-7-13-22-12-5-6-14-23(22)27/h2-8,10-14,16-18H,9,15,19-20H2,1H3,(H,30,31). The first-order valence-corrected chi connectivity index (χ1v) is 13.2. The van der Waals surface area contributed by atoms with Gasteiger partial charge >= 0.3 is 0 Å². The van der Waals surface area contributed by atoms with E-state index in [-0.39, 0.29) is 4.90 Å². The van der Waals surface area contributed by atoms with Crippen LogP contribution in [-0.2, 0) is 33.1 Å². The number of carbonyl (C=O) groups excluding carboxylic acids is 1. The molecular weight excluding hydrogens is 458 g/mol. The zero-order valence-corrected chi connectivity index (χ0v) is 20.3. The first-order valence-electron chi connectivity index (χ1n) is 11.7. The number of ether oxygens (including phenoxy) is 1. The molecule has 35 heavy (non-hydrogen) atoms. The molecule has 0 saturated heterocycles. The van der Waals surface area contributed by atoms with Gasteiger partial charge in [0, 0.05) is 5.39 Å². The number of sulfonamides is 1. The highest BCUT2D eigenvalue weighted by atomic mass is 32.2. The summed E-state index contributed by atoms with van der Waals surface area (Å²) in [7, 11) is -2.50. The van der Waals surface area contributed by atoms with E-state index >= 15 is 0 Å². The van der Waals surface area contributed by atoms with Crippen molar-refractivity contribution in [3.8, 4) is 5.75 Å². The average Bonchev–Trinajstić information content (AvgIpc) is 2.88. The molecule has 178 valence electrons. The summed E-state index contributed by atoms with van der Waals surface area (Å²) in [6, 6.07) is 27.8. The molecule has 6 heteroatoms. The summed E-state index contributed by atoms with van der Waals surface area (Å²) in [6.07, 6.45) is 2.46. The van der Waals surface area contributed by atoms with Crippen LogP contribution in [0.5, 0.6) is 5.75 Å². The number of amides is 1. The SMILES string of the molecule is COc1cccc2c1CCCC2(Cc1ccccc1)C(=O)NS(=O)(=O)c1cccc2ccccc12. The summed E-state index contributed by atoms with van der Waals surface area (Å²) in [5, 5.41) is 1.38. The number of hydrogen-bond donors (Lipinski definition) is 1. The predicted octanol–water partition coefficient (Wildman–Crippen LogP) is 5.17. The molecule has 4 aromatic carbocycles. The zero-order chi connectivity index (χ0) is 24.5. The highest BCUT2D eigenvalue weighted by molar-refractivity contribution is 7.90. The van der Waals surface area contributed by atoms with Crippen molar-refractivity contribution in [2.75, 3.05) is 7.11 Å². The molecule has 5 nitrogen and oxygen atoms in total. The molecule has 1 aliphatic rings. The van der Waals surface area contributed by atoms with Crippen molar-refractivity contribution in [3.63, 3.8) is 0 Å². The van der Waals surface area contributed by atoms with Crippen molar-refractivity contribution in [2.24, 2.45) is 0 Å². The van der Waals surface area contributed by atoms with Crippen LogP contribution >= 0.6 is 0 Å².